The van der Waals surface area contributed by atoms with Crippen molar-refractivity contribution in [2.45, 2.75) is 25.8 Å². The minimum atomic E-state index is -0.406. The van der Waals surface area contributed by atoms with Crippen molar-refractivity contribution in [2.24, 2.45) is 5.92 Å². The highest BCUT2D eigenvalue weighted by Gasteiger charge is 2.28. The van der Waals surface area contributed by atoms with Crippen molar-refractivity contribution >= 4 is 11.9 Å². The zero-order valence-electron chi connectivity index (χ0n) is 17.0. The molecule has 2 aromatic carbocycles. The number of carbonyl (C=O) groups excluding carboxylic acids is 2. The predicted molar refractivity (Wildman–Crippen MR) is 114 cm³/mol. The van der Waals surface area contributed by atoms with E-state index in [4.69, 9.17) is 4.74 Å². The lowest BCUT2D eigenvalue weighted by atomic mass is 9.90. The number of rotatable bonds is 7. The molecule has 1 aliphatic heterocycles. The first kappa shape index (κ1) is 20.8. The van der Waals surface area contributed by atoms with Crippen LogP contribution in [-0.2, 0) is 9.53 Å². The molecule has 2 aromatic rings. The van der Waals surface area contributed by atoms with Crippen molar-refractivity contribution in [3.8, 4) is 11.1 Å². The van der Waals surface area contributed by atoms with Gasteiger partial charge in [-0.05, 0) is 49.6 Å². The second-order valence-electron chi connectivity index (χ2n) is 7.36. The molecular weight excluding hydrogens is 364 g/mol. The van der Waals surface area contributed by atoms with Gasteiger partial charge in [-0.1, -0.05) is 54.1 Å². The molecule has 0 saturated carbocycles. The topological polar surface area (TPSA) is 67.4 Å². The van der Waals surface area contributed by atoms with E-state index in [0.29, 0.717) is 12.0 Å². The van der Waals surface area contributed by atoms with Crippen LogP contribution in [0.4, 0.5) is 0 Å². The maximum Gasteiger partial charge on any atom is 0.311 e. The molecule has 0 bridgehead atoms. The van der Waals surface area contributed by atoms with Crippen molar-refractivity contribution in [1.82, 2.24) is 10.6 Å². The molecule has 0 aromatic heterocycles. The highest BCUT2D eigenvalue weighted by molar-refractivity contribution is 5.95. The number of ether oxygens (including phenoxy) is 1. The number of amides is 1. The molecule has 1 unspecified atom stereocenters. The van der Waals surface area contributed by atoms with Crippen molar-refractivity contribution in [1.29, 1.82) is 0 Å². The standard InChI is InChI=1S/C24H28N2O3/c1-17(22(24(28)29-2)16-18-12-14-25-15-13-18)26-23(27)21-10-8-20(9-11-21)19-6-4-3-5-7-19/h3-12,17,22,25H,13-16H2,1-2H3,(H,26,27)/t17?,22-/m1/s1. The van der Waals surface area contributed by atoms with E-state index in [9.17, 15) is 9.59 Å². The van der Waals surface area contributed by atoms with Crippen LogP contribution < -0.4 is 10.6 Å². The molecule has 0 fully saturated rings. The minimum Gasteiger partial charge on any atom is -0.469 e. The van der Waals surface area contributed by atoms with Crippen LogP contribution in [-0.4, -0.2) is 38.1 Å². The molecular formula is C24H28N2O3. The van der Waals surface area contributed by atoms with Crippen LogP contribution in [0, 0.1) is 5.92 Å². The number of nitrogens with one attached hydrogen (secondary N) is 2. The monoisotopic (exact) mass is 392 g/mol. The lowest BCUT2D eigenvalue weighted by Crippen LogP contribution is -2.42. The van der Waals surface area contributed by atoms with Crippen molar-refractivity contribution in [2.75, 3.05) is 20.2 Å². The van der Waals surface area contributed by atoms with Gasteiger partial charge in [0.1, 0.15) is 0 Å². The zero-order chi connectivity index (χ0) is 20.6. The summed E-state index contributed by atoms with van der Waals surface area (Å²) in [6.45, 7) is 3.59. The van der Waals surface area contributed by atoms with E-state index in [1.165, 1.54) is 12.7 Å². The minimum absolute atomic E-state index is 0.190. The van der Waals surface area contributed by atoms with Crippen LogP contribution in [0.3, 0.4) is 0 Å². The van der Waals surface area contributed by atoms with Gasteiger partial charge < -0.3 is 15.4 Å². The average Bonchev–Trinajstić information content (AvgIpc) is 2.78. The second kappa shape index (κ2) is 10.0. The molecule has 0 spiro atoms. The van der Waals surface area contributed by atoms with Gasteiger partial charge in [0.05, 0.1) is 13.0 Å². The molecule has 5 heteroatoms. The summed E-state index contributed by atoms with van der Waals surface area (Å²) in [6, 6.07) is 17.2. The second-order valence-corrected chi connectivity index (χ2v) is 7.36. The molecule has 1 heterocycles. The summed E-state index contributed by atoms with van der Waals surface area (Å²) >= 11 is 0. The van der Waals surface area contributed by atoms with E-state index in [1.807, 2.05) is 61.5 Å². The number of hydrogen-bond acceptors (Lipinski definition) is 4. The van der Waals surface area contributed by atoms with Crippen LogP contribution in [0.5, 0.6) is 0 Å². The molecule has 2 atom stereocenters. The lowest BCUT2D eigenvalue weighted by molar-refractivity contribution is -0.146. The van der Waals surface area contributed by atoms with Gasteiger partial charge in [-0.2, -0.15) is 0 Å². The van der Waals surface area contributed by atoms with E-state index in [1.54, 1.807) is 0 Å². The zero-order valence-corrected chi connectivity index (χ0v) is 17.0. The molecule has 29 heavy (non-hydrogen) atoms. The number of benzene rings is 2. The molecule has 0 aliphatic carbocycles. The molecule has 0 radical (unpaired) electrons. The van der Waals surface area contributed by atoms with Crippen molar-refractivity contribution in [3.63, 3.8) is 0 Å². The van der Waals surface area contributed by atoms with E-state index in [0.717, 1.165) is 30.6 Å². The van der Waals surface area contributed by atoms with Gasteiger partial charge in [0, 0.05) is 18.2 Å². The van der Waals surface area contributed by atoms with Crippen molar-refractivity contribution in [3.05, 3.63) is 71.8 Å². The highest BCUT2D eigenvalue weighted by Crippen LogP contribution is 2.22. The SMILES string of the molecule is COC(=O)[C@H](CC1=CCNCC1)C(C)NC(=O)c1ccc(-c2ccccc2)cc1. The molecule has 5 nitrogen and oxygen atoms in total. The van der Waals surface area contributed by atoms with Crippen molar-refractivity contribution < 1.29 is 14.3 Å². The molecule has 3 rings (SSSR count). The van der Waals surface area contributed by atoms with Gasteiger partial charge in [-0.25, -0.2) is 0 Å². The Morgan fingerprint density at radius 1 is 1.07 bits per heavy atom. The van der Waals surface area contributed by atoms with Gasteiger partial charge in [-0.3, -0.25) is 9.59 Å². The summed E-state index contributed by atoms with van der Waals surface area (Å²) in [5.74, 6) is -0.890. The summed E-state index contributed by atoms with van der Waals surface area (Å²) in [5.41, 5.74) is 3.96. The third kappa shape index (κ3) is 5.55. The Kier molecular flexibility index (Phi) is 7.19. The average molecular weight is 392 g/mol. The van der Waals surface area contributed by atoms with Crippen LogP contribution in [0.25, 0.3) is 11.1 Å². The van der Waals surface area contributed by atoms with E-state index >= 15 is 0 Å². The molecule has 0 saturated heterocycles. The molecule has 152 valence electrons. The summed E-state index contributed by atoms with van der Waals surface area (Å²) in [4.78, 5) is 25.1. The van der Waals surface area contributed by atoms with E-state index in [2.05, 4.69) is 16.7 Å². The quantitative estimate of drug-likeness (QED) is 0.558. The maximum atomic E-state index is 12.7. The maximum absolute atomic E-state index is 12.7. The Hall–Kier alpha value is -2.92. The largest absolute Gasteiger partial charge is 0.469 e. The summed E-state index contributed by atoms with van der Waals surface area (Å²) in [5, 5.41) is 6.25. The smallest absolute Gasteiger partial charge is 0.311 e. The van der Waals surface area contributed by atoms with Gasteiger partial charge >= 0.3 is 5.97 Å². The molecule has 1 amide bonds. The third-order valence-electron chi connectivity index (χ3n) is 5.36. The van der Waals surface area contributed by atoms with Crippen LogP contribution in [0.15, 0.2) is 66.2 Å². The highest BCUT2D eigenvalue weighted by atomic mass is 16.5. The van der Waals surface area contributed by atoms with Gasteiger partial charge in [0.15, 0.2) is 0 Å². The number of hydrogen-bond donors (Lipinski definition) is 2. The Bertz CT molecular complexity index is 859. The Labute approximate surface area is 172 Å². The van der Waals surface area contributed by atoms with Crippen LogP contribution in [0.2, 0.25) is 0 Å². The van der Waals surface area contributed by atoms with Crippen LogP contribution >= 0.6 is 0 Å². The summed E-state index contributed by atoms with van der Waals surface area (Å²) < 4.78 is 4.99. The fourth-order valence-electron chi connectivity index (χ4n) is 3.59. The molecule has 1 aliphatic rings. The van der Waals surface area contributed by atoms with Gasteiger partial charge in [0.25, 0.3) is 5.91 Å². The summed E-state index contributed by atoms with van der Waals surface area (Å²) in [7, 11) is 1.39. The molecule has 2 N–H and O–H groups in total. The first-order valence-electron chi connectivity index (χ1n) is 10.0. The summed E-state index contributed by atoms with van der Waals surface area (Å²) in [6.07, 6.45) is 3.63. The Morgan fingerprint density at radius 3 is 2.38 bits per heavy atom. The van der Waals surface area contributed by atoms with Gasteiger partial charge in [0.2, 0.25) is 0 Å². The number of methoxy groups -OCH3 is 1. The first-order chi connectivity index (χ1) is 14.1. The van der Waals surface area contributed by atoms with E-state index in [-0.39, 0.29) is 17.9 Å². The fourth-order valence-corrected chi connectivity index (χ4v) is 3.59. The first-order valence-corrected chi connectivity index (χ1v) is 10.0. The Morgan fingerprint density at radius 2 is 1.76 bits per heavy atom. The number of carbonyl (C=O) groups is 2. The van der Waals surface area contributed by atoms with E-state index < -0.39 is 5.92 Å². The fraction of sp³-hybridized carbons (Fsp3) is 0.333. The predicted octanol–water partition coefficient (Wildman–Crippen LogP) is 3.57. The lowest BCUT2D eigenvalue weighted by Gasteiger charge is -2.25. The normalized spacial score (nSPS) is 15.7. The Balaban J connectivity index is 1.67. The van der Waals surface area contributed by atoms with Crippen LogP contribution in [0.1, 0.15) is 30.1 Å². The van der Waals surface area contributed by atoms with Gasteiger partial charge in [-0.15, -0.1) is 0 Å². The number of esters is 1. The third-order valence-corrected chi connectivity index (χ3v) is 5.36.